The van der Waals surface area contributed by atoms with Crippen molar-refractivity contribution in [3.8, 4) is 0 Å². The van der Waals surface area contributed by atoms with Gasteiger partial charge in [0.05, 0.1) is 0 Å². The molecule has 0 spiro atoms. The number of hydrazine groups is 1. The molecule has 5 N–H and O–H groups in total. The second-order valence-corrected chi connectivity index (χ2v) is 2.33. The van der Waals surface area contributed by atoms with E-state index in [4.69, 9.17) is 16.1 Å². The van der Waals surface area contributed by atoms with E-state index in [2.05, 4.69) is 5.43 Å². The van der Waals surface area contributed by atoms with Crippen LogP contribution in [0.2, 0.25) is 0 Å². The summed E-state index contributed by atoms with van der Waals surface area (Å²) in [6.07, 6.45) is 1.12. The van der Waals surface area contributed by atoms with E-state index < -0.39 is 11.9 Å². The lowest BCUT2D eigenvalue weighted by atomic mass is 10.4. The first-order chi connectivity index (χ1) is 5.90. The number of carboxylic acids is 2. The molecule has 0 rings (SSSR count). The van der Waals surface area contributed by atoms with Crippen molar-refractivity contribution in [2.75, 3.05) is 0 Å². The molecule has 0 saturated carbocycles. The summed E-state index contributed by atoms with van der Waals surface area (Å²) in [6, 6.07) is 0.412. The maximum Gasteiger partial charge on any atom is 0.328 e. The van der Waals surface area contributed by atoms with Gasteiger partial charge in [0.15, 0.2) is 0 Å². The Labute approximate surface area is 76.0 Å². The summed E-state index contributed by atoms with van der Waals surface area (Å²) in [5.41, 5.74) is 2.53. The van der Waals surface area contributed by atoms with Crippen LogP contribution in [0, 0.1) is 0 Å². The van der Waals surface area contributed by atoms with Crippen molar-refractivity contribution in [1.82, 2.24) is 5.43 Å². The Morgan fingerprint density at radius 3 is 1.54 bits per heavy atom. The monoisotopic (exact) mass is 190 g/mol. The largest absolute Gasteiger partial charge is 0.478 e. The lowest BCUT2D eigenvalue weighted by molar-refractivity contribution is -0.134. The van der Waals surface area contributed by atoms with Gasteiger partial charge < -0.3 is 10.2 Å². The summed E-state index contributed by atoms with van der Waals surface area (Å²) in [4.78, 5) is 19.1. The van der Waals surface area contributed by atoms with Crippen molar-refractivity contribution >= 4 is 11.9 Å². The fraction of sp³-hybridized carbons (Fsp3) is 0.429. The molecular formula is C7H14N2O4. The second-order valence-electron chi connectivity index (χ2n) is 2.33. The van der Waals surface area contributed by atoms with Crippen molar-refractivity contribution in [2.24, 2.45) is 5.84 Å². The van der Waals surface area contributed by atoms with E-state index >= 15 is 0 Å². The summed E-state index contributed by atoms with van der Waals surface area (Å²) in [5.74, 6) is 2.41. The summed E-state index contributed by atoms with van der Waals surface area (Å²) >= 11 is 0. The molecule has 0 heterocycles. The van der Waals surface area contributed by atoms with Gasteiger partial charge in [-0.15, -0.1) is 0 Å². The summed E-state index contributed by atoms with van der Waals surface area (Å²) in [7, 11) is 0. The van der Waals surface area contributed by atoms with Crippen molar-refractivity contribution in [2.45, 2.75) is 19.9 Å². The third kappa shape index (κ3) is 25.0. The topological polar surface area (TPSA) is 113 Å². The molecule has 0 aromatic carbocycles. The summed E-state index contributed by atoms with van der Waals surface area (Å²) in [6.45, 7) is 3.97. The van der Waals surface area contributed by atoms with Gasteiger partial charge in [0.2, 0.25) is 0 Å². The first-order valence-corrected chi connectivity index (χ1v) is 3.50. The van der Waals surface area contributed by atoms with Gasteiger partial charge in [0.25, 0.3) is 0 Å². The average molecular weight is 190 g/mol. The minimum Gasteiger partial charge on any atom is -0.478 e. The predicted octanol–water partition coefficient (Wildman–Crippen LogP) is -0.430. The zero-order valence-electron chi connectivity index (χ0n) is 7.52. The van der Waals surface area contributed by atoms with Gasteiger partial charge in [0.1, 0.15) is 0 Å². The van der Waals surface area contributed by atoms with Gasteiger partial charge >= 0.3 is 11.9 Å². The first kappa shape index (κ1) is 14.1. The van der Waals surface area contributed by atoms with Crippen molar-refractivity contribution in [3.63, 3.8) is 0 Å². The number of hydrogen-bond acceptors (Lipinski definition) is 4. The molecule has 0 fully saturated rings. The molecule has 13 heavy (non-hydrogen) atoms. The Balaban J connectivity index is 0. The zero-order chi connectivity index (χ0) is 10.9. The molecule has 6 heteroatoms. The van der Waals surface area contributed by atoms with Crippen LogP contribution in [0.15, 0.2) is 12.2 Å². The van der Waals surface area contributed by atoms with E-state index in [0.29, 0.717) is 18.2 Å². The molecule has 0 saturated heterocycles. The van der Waals surface area contributed by atoms with Gasteiger partial charge in [-0.25, -0.2) is 9.59 Å². The lowest BCUT2D eigenvalue weighted by Gasteiger charge is -1.95. The van der Waals surface area contributed by atoms with Crippen LogP contribution >= 0.6 is 0 Å². The highest BCUT2D eigenvalue weighted by Crippen LogP contribution is 1.70. The maximum absolute atomic E-state index is 9.55. The molecule has 0 aliphatic heterocycles. The average Bonchev–Trinajstić information content (AvgIpc) is 2.02. The van der Waals surface area contributed by atoms with Gasteiger partial charge in [-0.2, -0.15) is 0 Å². The van der Waals surface area contributed by atoms with Crippen LogP contribution in [0.5, 0.6) is 0 Å². The summed E-state index contributed by atoms with van der Waals surface area (Å²) in [5, 5.41) is 15.6. The zero-order valence-corrected chi connectivity index (χ0v) is 7.52. The van der Waals surface area contributed by atoms with Crippen molar-refractivity contribution in [3.05, 3.63) is 12.2 Å². The molecule has 0 radical (unpaired) electrons. The summed E-state index contributed by atoms with van der Waals surface area (Å²) < 4.78 is 0. The Kier molecular flexibility index (Phi) is 9.46. The number of rotatable bonds is 3. The van der Waals surface area contributed by atoms with Crippen LogP contribution < -0.4 is 11.3 Å². The van der Waals surface area contributed by atoms with Crippen molar-refractivity contribution < 1.29 is 19.8 Å². The standard InChI is InChI=1S/C4H4O4.C3H10N2/c5-3(6)1-2-4(7)8;1-3(2)5-4/h1-2H,(H,5,6)(H,7,8);3,5H,4H2,1-2H3. The predicted molar refractivity (Wildman–Crippen MR) is 46.9 cm³/mol. The molecule has 0 aliphatic rings. The Morgan fingerprint density at radius 2 is 1.46 bits per heavy atom. The van der Waals surface area contributed by atoms with Gasteiger partial charge in [0, 0.05) is 18.2 Å². The third-order valence-corrected chi connectivity index (χ3v) is 0.702. The fourth-order valence-electron chi connectivity index (χ4n) is 0.143. The van der Waals surface area contributed by atoms with Crippen LogP contribution in [-0.2, 0) is 9.59 Å². The molecular weight excluding hydrogens is 176 g/mol. The molecule has 0 aliphatic carbocycles. The molecule has 0 bridgehead atoms. The van der Waals surface area contributed by atoms with Crippen LogP contribution in [-0.4, -0.2) is 28.2 Å². The molecule has 76 valence electrons. The quantitative estimate of drug-likeness (QED) is 0.273. The molecule has 0 unspecified atom stereocenters. The van der Waals surface area contributed by atoms with E-state index in [1.807, 2.05) is 13.8 Å². The Bertz CT molecular complexity index is 173. The Hall–Kier alpha value is -1.40. The Morgan fingerprint density at radius 1 is 1.23 bits per heavy atom. The molecule has 0 amide bonds. The molecule has 0 aromatic rings. The SMILES string of the molecule is CC(C)NN.O=C(O)C=CC(=O)O. The normalized spacial score (nSPS) is 9.54. The van der Waals surface area contributed by atoms with E-state index in [-0.39, 0.29) is 0 Å². The number of hydrogen-bond donors (Lipinski definition) is 4. The third-order valence-electron chi connectivity index (χ3n) is 0.702. The minimum atomic E-state index is -1.26. The lowest BCUT2D eigenvalue weighted by Crippen LogP contribution is -2.29. The first-order valence-electron chi connectivity index (χ1n) is 3.50. The number of aliphatic carboxylic acids is 2. The van der Waals surface area contributed by atoms with Gasteiger partial charge in [-0.3, -0.25) is 11.3 Å². The molecule has 0 aromatic heterocycles. The van der Waals surface area contributed by atoms with E-state index in [9.17, 15) is 9.59 Å². The molecule has 6 nitrogen and oxygen atoms in total. The van der Waals surface area contributed by atoms with Crippen LogP contribution in [0.4, 0.5) is 0 Å². The second kappa shape index (κ2) is 8.69. The molecule has 0 atom stereocenters. The number of nitrogens with two attached hydrogens (primary N) is 1. The van der Waals surface area contributed by atoms with Gasteiger partial charge in [-0.1, -0.05) is 0 Å². The number of nitrogens with one attached hydrogen (secondary N) is 1. The van der Waals surface area contributed by atoms with Crippen LogP contribution in [0.1, 0.15) is 13.8 Å². The van der Waals surface area contributed by atoms with E-state index in [1.54, 1.807) is 0 Å². The van der Waals surface area contributed by atoms with Crippen LogP contribution in [0.3, 0.4) is 0 Å². The highest BCUT2D eigenvalue weighted by molar-refractivity contribution is 5.89. The highest BCUT2D eigenvalue weighted by atomic mass is 16.4. The smallest absolute Gasteiger partial charge is 0.328 e. The number of carboxylic acid groups (broad SMARTS) is 2. The van der Waals surface area contributed by atoms with E-state index in [1.165, 1.54) is 0 Å². The fourth-order valence-corrected chi connectivity index (χ4v) is 0.143. The van der Waals surface area contributed by atoms with E-state index in [0.717, 1.165) is 0 Å². The maximum atomic E-state index is 9.55. The number of carbonyl (C=O) groups is 2. The minimum absolute atomic E-state index is 0.412. The highest BCUT2D eigenvalue weighted by Gasteiger charge is 1.88. The van der Waals surface area contributed by atoms with Gasteiger partial charge in [-0.05, 0) is 13.8 Å². The van der Waals surface area contributed by atoms with Crippen molar-refractivity contribution in [1.29, 1.82) is 0 Å². The van der Waals surface area contributed by atoms with Crippen LogP contribution in [0.25, 0.3) is 0 Å².